The molecule has 1 aliphatic heterocycles. The van der Waals surface area contributed by atoms with Crippen molar-refractivity contribution in [2.75, 3.05) is 5.32 Å². The number of oxazole rings is 1. The van der Waals surface area contributed by atoms with Gasteiger partial charge >= 0.3 is 12.0 Å². The molecule has 0 radical (unpaired) electrons. The van der Waals surface area contributed by atoms with Gasteiger partial charge in [0.25, 0.3) is 0 Å². The lowest BCUT2D eigenvalue weighted by Crippen LogP contribution is -2.42. The zero-order valence-electron chi connectivity index (χ0n) is 13.8. The summed E-state index contributed by atoms with van der Waals surface area (Å²) in [7, 11) is 0. The average molecular weight is 315 g/mol. The number of fused-ring (bicyclic) bond motifs is 1. The molecule has 0 bridgehead atoms. The Morgan fingerprint density at radius 2 is 2.04 bits per heavy atom. The number of para-hydroxylation sites is 1. The summed E-state index contributed by atoms with van der Waals surface area (Å²) in [5.74, 6) is 1.50. The molecule has 3 rings (SSSR count). The molecule has 1 atom stereocenters. The largest absolute Gasteiger partial charge is 0.487 e. The molecule has 6 nitrogen and oxygen atoms in total. The predicted octanol–water partition coefficient (Wildman–Crippen LogP) is 3.72. The minimum Gasteiger partial charge on any atom is -0.487 e. The normalized spacial score (nSPS) is 18.7. The number of carbonyl (C=O) groups excluding carboxylic acids is 1. The number of ether oxygens (including phenoxy) is 1. The summed E-state index contributed by atoms with van der Waals surface area (Å²) in [5, 5.41) is 5.62. The molecular weight excluding hydrogens is 294 g/mol. The molecule has 2 N–H and O–H groups in total. The maximum Gasteiger partial charge on any atom is 0.323 e. The number of carbonyl (C=O) groups is 1. The first kappa shape index (κ1) is 15.4. The van der Waals surface area contributed by atoms with E-state index in [1.165, 1.54) is 0 Å². The topological polar surface area (TPSA) is 76.4 Å². The summed E-state index contributed by atoms with van der Waals surface area (Å²) in [6.45, 7) is 7.66. The fraction of sp³-hybridized carbons (Fsp3) is 0.412. The zero-order chi connectivity index (χ0) is 16.6. The summed E-state index contributed by atoms with van der Waals surface area (Å²) in [5.41, 5.74) is 1.39. The highest BCUT2D eigenvalue weighted by Crippen LogP contribution is 2.39. The molecule has 6 heteroatoms. The molecule has 122 valence electrons. The zero-order valence-corrected chi connectivity index (χ0v) is 13.8. The van der Waals surface area contributed by atoms with Gasteiger partial charge in [0.1, 0.15) is 17.1 Å². The predicted molar refractivity (Wildman–Crippen MR) is 86.6 cm³/mol. The van der Waals surface area contributed by atoms with Crippen LogP contribution in [0.5, 0.6) is 5.75 Å². The Hall–Kier alpha value is -2.50. The lowest BCUT2D eigenvalue weighted by molar-refractivity contribution is 0.0683. The van der Waals surface area contributed by atoms with E-state index in [4.69, 9.17) is 9.15 Å². The Kier molecular flexibility index (Phi) is 3.75. The molecule has 2 amide bonds. The smallest absolute Gasteiger partial charge is 0.323 e. The maximum atomic E-state index is 12.3. The number of hydrogen-bond acceptors (Lipinski definition) is 4. The van der Waals surface area contributed by atoms with Crippen molar-refractivity contribution in [3.8, 4) is 5.75 Å². The molecule has 0 aliphatic carbocycles. The van der Waals surface area contributed by atoms with Crippen LogP contribution in [0.25, 0.3) is 0 Å². The van der Waals surface area contributed by atoms with Crippen LogP contribution in [-0.4, -0.2) is 16.6 Å². The first-order valence-electron chi connectivity index (χ1n) is 7.63. The van der Waals surface area contributed by atoms with Gasteiger partial charge in [0.15, 0.2) is 0 Å². The third kappa shape index (κ3) is 3.31. The van der Waals surface area contributed by atoms with Gasteiger partial charge in [-0.2, -0.15) is 4.98 Å². The van der Waals surface area contributed by atoms with Crippen molar-refractivity contribution in [3.63, 3.8) is 0 Å². The van der Waals surface area contributed by atoms with Crippen LogP contribution in [0.3, 0.4) is 0 Å². The third-order valence-electron chi connectivity index (χ3n) is 3.93. The van der Waals surface area contributed by atoms with E-state index in [2.05, 4.69) is 15.6 Å². The quantitative estimate of drug-likeness (QED) is 0.885. The van der Waals surface area contributed by atoms with Crippen LogP contribution in [0.15, 0.2) is 28.7 Å². The monoisotopic (exact) mass is 315 g/mol. The number of aryl methyl sites for hydroxylation is 2. The second-order valence-corrected chi connectivity index (χ2v) is 6.42. The highest BCUT2D eigenvalue weighted by molar-refractivity contribution is 5.87. The van der Waals surface area contributed by atoms with Gasteiger partial charge < -0.3 is 14.5 Å². The van der Waals surface area contributed by atoms with Gasteiger partial charge in [-0.15, -0.1) is 0 Å². The molecule has 2 heterocycles. The molecule has 2 aromatic rings. The van der Waals surface area contributed by atoms with E-state index in [9.17, 15) is 4.79 Å². The minimum atomic E-state index is -0.345. The molecule has 0 saturated carbocycles. The van der Waals surface area contributed by atoms with Crippen molar-refractivity contribution in [1.29, 1.82) is 0 Å². The van der Waals surface area contributed by atoms with Gasteiger partial charge in [0, 0.05) is 12.0 Å². The Bertz CT molecular complexity index is 717. The summed E-state index contributed by atoms with van der Waals surface area (Å²) >= 11 is 0. The van der Waals surface area contributed by atoms with Crippen LogP contribution < -0.4 is 15.4 Å². The summed E-state index contributed by atoms with van der Waals surface area (Å²) in [4.78, 5) is 16.4. The first-order chi connectivity index (χ1) is 10.8. The van der Waals surface area contributed by atoms with E-state index >= 15 is 0 Å². The van der Waals surface area contributed by atoms with E-state index in [0.717, 1.165) is 17.0 Å². The van der Waals surface area contributed by atoms with Crippen LogP contribution in [0.4, 0.5) is 10.8 Å². The van der Waals surface area contributed by atoms with E-state index in [1.807, 2.05) is 52.0 Å². The maximum absolute atomic E-state index is 12.3. The van der Waals surface area contributed by atoms with E-state index in [-0.39, 0.29) is 23.7 Å². The van der Waals surface area contributed by atoms with Crippen molar-refractivity contribution < 1.29 is 13.9 Å². The van der Waals surface area contributed by atoms with Crippen molar-refractivity contribution in [3.05, 3.63) is 41.3 Å². The molecular formula is C17H21N3O3. The second kappa shape index (κ2) is 5.61. The highest BCUT2D eigenvalue weighted by Gasteiger charge is 2.34. The van der Waals surface area contributed by atoms with E-state index < -0.39 is 0 Å². The Balaban J connectivity index is 1.75. The molecule has 1 aromatic carbocycles. The van der Waals surface area contributed by atoms with Crippen LogP contribution in [0, 0.1) is 13.8 Å². The lowest BCUT2D eigenvalue weighted by atomic mass is 9.90. The summed E-state index contributed by atoms with van der Waals surface area (Å²) in [6, 6.07) is 7.48. The number of urea groups is 1. The molecule has 0 unspecified atom stereocenters. The number of hydrogen-bond donors (Lipinski definition) is 2. The average Bonchev–Trinajstić information content (AvgIpc) is 2.75. The number of amides is 2. The minimum absolute atomic E-state index is 0.132. The molecule has 1 aromatic heterocycles. The van der Waals surface area contributed by atoms with Gasteiger partial charge in [-0.05, 0) is 33.8 Å². The number of rotatable bonds is 2. The highest BCUT2D eigenvalue weighted by atomic mass is 16.5. The Labute approximate surface area is 135 Å². The number of nitrogens with zero attached hydrogens (tertiary/aromatic N) is 1. The van der Waals surface area contributed by atoms with Gasteiger partial charge in [0.05, 0.1) is 11.7 Å². The summed E-state index contributed by atoms with van der Waals surface area (Å²) < 4.78 is 11.3. The number of nitrogens with one attached hydrogen (secondary N) is 2. The fourth-order valence-corrected chi connectivity index (χ4v) is 2.75. The van der Waals surface area contributed by atoms with E-state index in [0.29, 0.717) is 12.2 Å². The van der Waals surface area contributed by atoms with Crippen LogP contribution in [0.1, 0.15) is 43.3 Å². The van der Waals surface area contributed by atoms with Gasteiger partial charge in [-0.25, -0.2) is 4.79 Å². The van der Waals surface area contributed by atoms with Crippen LogP contribution in [0.2, 0.25) is 0 Å². The molecule has 0 saturated heterocycles. The molecule has 1 aliphatic rings. The molecule has 23 heavy (non-hydrogen) atoms. The van der Waals surface area contributed by atoms with Gasteiger partial charge in [-0.1, -0.05) is 18.2 Å². The second-order valence-electron chi connectivity index (χ2n) is 6.42. The van der Waals surface area contributed by atoms with Gasteiger partial charge in [-0.3, -0.25) is 5.32 Å². The van der Waals surface area contributed by atoms with E-state index in [1.54, 1.807) is 0 Å². The fourth-order valence-electron chi connectivity index (χ4n) is 2.75. The van der Waals surface area contributed by atoms with Crippen LogP contribution >= 0.6 is 0 Å². The van der Waals surface area contributed by atoms with Crippen molar-refractivity contribution in [1.82, 2.24) is 10.3 Å². The number of anilines is 1. The lowest BCUT2D eigenvalue weighted by Gasteiger charge is -2.37. The van der Waals surface area contributed by atoms with Crippen LogP contribution in [-0.2, 0) is 0 Å². The standard InChI is InChI=1S/C17H21N3O3/c1-10-11(2)22-16(18-10)20-15(21)19-13-9-17(3,4)23-14-8-6-5-7-12(13)14/h5-8,13H,9H2,1-4H3,(H2,18,19,20,21)/t13-/m1/s1. The third-order valence-corrected chi connectivity index (χ3v) is 3.93. The molecule has 0 fully saturated rings. The van der Waals surface area contributed by atoms with Gasteiger partial charge in [0.2, 0.25) is 0 Å². The van der Waals surface area contributed by atoms with Crippen molar-refractivity contribution >= 4 is 12.0 Å². The Morgan fingerprint density at radius 3 is 2.74 bits per heavy atom. The molecule has 0 spiro atoms. The SMILES string of the molecule is Cc1nc(NC(=O)N[C@@H]2CC(C)(C)Oc3ccccc32)oc1C. The number of aromatic nitrogens is 1. The first-order valence-corrected chi connectivity index (χ1v) is 7.63. The Morgan fingerprint density at radius 1 is 1.30 bits per heavy atom. The number of benzene rings is 1. The summed E-state index contributed by atoms with van der Waals surface area (Å²) in [6.07, 6.45) is 0.682. The van der Waals surface area contributed by atoms with Crippen molar-refractivity contribution in [2.45, 2.75) is 45.8 Å². The van der Waals surface area contributed by atoms with Crippen molar-refractivity contribution in [2.24, 2.45) is 0 Å².